The third-order valence-electron chi connectivity index (χ3n) is 4.89. The van der Waals surface area contributed by atoms with Gasteiger partial charge in [-0.15, -0.1) is 0 Å². The molecule has 0 aromatic heterocycles. The van der Waals surface area contributed by atoms with Crippen molar-refractivity contribution in [3.8, 4) is 16.9 Å². The Kier molecular flexibility index (Phi) is 4.59. The standard InChI is InChI=1S/C20H25O3P/c1-4-5-8-13-20(2,3)15-11-12-18-17(14-15)16-9-6-7-10-19(16)24(21,22)23-18/h6-7,9-12,14H,4-5,8,13H2,1-3H3,(H,21,22). The molecule has 0 fully saturated rings. The molecule has 1 aliphatic rings. The predicted molar refractivity (Wildman–Crippen MR) is 99.1 cm³/mol. The van der Waals surface area contributed by atoms with Crippen LogP contribution in [0.3, 0.4) is 0 Å². The van der Waals surface area contributed by atoms with E-state index in [9.17, 15) is 9.46 Å². The quantitative estimate of drug-likeness (QED) is 0.582. The molecule has 4 heteroatoms. The van der Waals surface area contributed by atoms with Crippen LogP contribution in [0.15, 0.2) is 42.5 Å². The fourth-order valence-electron chi connectivity index (χ4n) is 3.33. The van der Waals surface area contributed by atoms with E-state index in [1.165, 1.54) is 24.8 Å². The van der Waals surface area contributed by atoms with E-state index in [4.69, 9.17) is 4.52 Å². The van der Waals surface area contributed by atoms with Crippen LogP contribution in [0.5, 0.6) is 5.75 Å². The zero-order valence-electron chi connectivity index (χ0n) is 14.6. The molecule has 1 heterocycles. The molecule has 2 aromatic rings. The first-order valence-electron chi connectivity index (χ1n) is 8.62. The van der Waals surface area contributed by atoms with E-state index in [2.05, 4.69) is 26.8 Å². The van der Waals surface area contributed by atoms with Crippen LogP contribution in [0.2, 0.25) is 0 Å². The van der Waals surface area contributed by atoms with Gasteiger partial charge >= 0.3 is 7.60 Å². The average Bonchev–Trinajstić information content (AvgIpc) is 2.54. The first-order valence-corrected chi connectivity index (χ1v) is 10.2. The van der Waals surface area contributed by atoms with Crippen molar-refractivity contribution >= 4 is 12.9 Å². The highest BCUT2D eigenvalue weighted by Gasteiger charge is 2.35. The molecule has 0 amide bonds. The Morgan fingerprint density at radius 1 is 1.08 bits per heavy atom. The lowest BCUT2D eigenvalue weighted by Gasteiger charge is -2.29. The molecule has 1 N–H and O–H groups in total. The minimum Gasteiger partial charge on any atom is -0.421 e. The summed E-state index contributed by atoms with van der Waals surface area (Å²) in [6.07, 6.45) is 4.79. The van der Waals surface area contributed by atoms with Crippen LogP contribution < -0.4 is 9.83 Å². The Balaban J connectivity index is 2.02. The van der Waals surface area contributed by atoms with E-state index in [1.54, 1.807) is 12.1 Å². The van der Waals surface area contributed by atoms with Crippen LogP contribution >= 0.6 is 7.60 Å². The van der Waals surface area contributed by atoms with Gasteiger partial charge in [0, 0.05) is 11.1 Å². The molecule has 1 atom stereocenters. The van der Waals surface area contributed by atoms with E-state index < -0.39 is 7.60 Å². The molecular formula is C20H25O3P. The highest BCUT2D eigenvalue weighted by atomic mass is 31.2. The highest BCUT2D eigenvalue weighted by Crippen LogP contribution is 2.52. The van der Waals surface area contributed by atoms with E-state index >= 15 is 0 Å². The number of hydrogen-bond acceptors (Lipinski definition) is 2. The van der Waals surface area contributed by atoms with Crippen molar-refractivity contribution in [3.63, 3.8) is 0 Å². The Morgan fingerprint density at radius 3 is 2.58 bits per heavy atom. The first kappa shape index (κ1) is 17.3. The first-order chi connectivity index (χ1) is 11.3. The van der Waals surface area contributed by atoms with Crippen molar-refractivity contribution in [2.45, 2.75) is 51.9 Å². The summed E-state index contributed by atoms with van der Waals surface area (Å²) in [4.78, 5) is 10.2. The number of fused-ring (bicyclic) bond motifs is 3. The maximum atomic E-state index is 12.4. The molecule has 1 aliphatic heterocycles. The van der Waals surface area contributed by atoms with Gasteiger partial charge < -0.3 is 9.42 Å². The van der Waals surface area contributed by atoms with Gasteiger partial charge in [-0.2, -0.15) is 0 Å². The van der Waals surface area contributed by atoms with E-state index in [1.807, 2.05) is 24.3 Å². The molecule has 0 bridgehead atoms. The van der Waals surface area contributed by atoms with Crippen LogP contribution in [0.4, 0.5) is 0 Å². The van der Waals surface area contributed by atoms with Crippen molar-refractivity contribution in [2.75, 3.05) is 0 Å². The summed E-state index contributed by atoms with van der Waals surface area (Å²) in [7, 11) is -3.79. The summed E-state index contributed by atoms with van der Waals surface area (Å²) in [6.45, 7) is 6.74. The monoisotopic (exact) mass is 344 g/mol. The van der Waals surface area contributed by atoms with Crippen molar-refractivity contribution in [3.05, 3.63) is 48.0 Å². The van der Waals surface area contributed by atoms with Crippen LogP contribution in [-0.4, -0.2) is 4.89 Å². The molecule has 24 heavy (non-hydrogen) atoms. The molecular weight excluding hydrogens is 319 g/mol. The summed E-state index contributed by atoms with van der Waals surface area (Å²) in [5.41, 5.74) is 3.02. The molecule has 0 spiro atoms. The van der Waals surface area contributed by atoms with Gasteiger partial charge in [0.25, 0.3) is 0 Å². The second-order valence-corrected chi connectivity index (χ2v) is 8.89. The number of rotatable bonds is 5. The Hall–Kier alpha value is -1.57. The fourth-order valence-corrected chi connectivity index (χ4v) is 4.63. The molecule has 3 rings (SSSR count). The van der Waals surface area contributed by atoms with Crippen LogP contribution in [-0.2, 0) is 9.98 Å². The molecule has 2 aromatic carbocycles. The largest absolute Gasteiger partial charge is 0.421 e. The second kappa shape index (κ2) is 6.38. The lowest BCUT2D eigenvalue weighted by molar-refractivity contribution is 0.392. The van der Waals surface area contributed by atoms with Crippen LogP contribution in [0.1, 0.15) is 52.0 Å². The third-order valence-corrected chi connectivity index (χ3v) is 6.33. The minimum atomic E-state index is -3.79. The molecule has 0 aliphatic carbocycles. The van der Waals surface area contributed by atoms with E-state index in [0.717, 1.165) is 17.5 Å². The zero-order valence-corrected chi connectivity index (χ0v) is 15.5. The van der Waals surface area contributed by atoms with Gasteiger partial charge in [-0.1, -0.05) is 64.3 Å². The van der Waals surface area contributed by atoms with Gasteiger partial charge in [0.1, 0.15) is 5.75 Å². The normalized spacial score (nSPS) is 19.3. The van der Waals surface area contributed by atoms with Gasteiger partial charge in [0.05, 0.1) is 5.30 Å². The zero-order chi connectivity index (χ0) is 17.4. The fraction of sp³-hybridized carbons (Fsp3) is 0.400. The predicted octanol–water partition coefficient (Wildman–Crippen LogP) is 5.41. The summed E-state index contributed by atoms with van der Waals surface area (Å²) in [5.74, 6) is 0.493. The average molecular weight is 344 g/mol. The molecule has 3 nitrogen and oxygen atoms in total. The molecule has 128 valence electrons. The maximum absolute atomic E-state index is 12.4. The summed E-state index contributed by atoms with van der Waals surface area (Å²) in [6, 6.07) is 13.2. The van der Waals surface area contributed by atoms with Crippen molar-refractivity contribution in [2.24, 2.45) is 0 Å². The summed E-state index contributed by atoms with van der Waals surface area (Å²) in [5, 5.41) is 0.387. The number of unbranched alkanes of at least 4 members (excludes halogenated alkanes) is 2. The van der Waals surface area contributed by atoms with Gasteiger partial charge in [-0.05, 0) is 35.6 Å². The Labute approximate surface area is 144 Å². The Bertz CT molecular complexity index is 795. The summed E-state index contributed by atoms with van der Waals surface area (Å²) < 4.78 is 17.8. The highest BCUT2D eigenvalue weighted by molar-refractivity contribution is 7.62. The molecule has 0 saturated heterocycles. The minimum absolute atomic E-state index is 0.0689. The Morgan fingerprint density at radius 2 is 1.83 bits per heavy atom. The van der Waals surface area contributed by atoms with Crippen molar-refractivity contribution in [1.29, 1.82) is 0 Å². The molecule has 0 radical (unpaired) electrons. The summed E-state index contributed by atoms with van der Waals surface area (Å²) >= 11 is 0. The van der Waals surface area contributed by atoms with Gasteiger partial charge in [0.2, 0.25) is 0 Å². The van der Waals surface area contributed by atoms with Gasteiger partial charge in [-0.25, -0.2) is 4.57 Å². The number of hydrogen-bond donors (Lipinski definition) is 1. The van der Waals surface area contributed by atoms with Crippen LogP contribution in [0, 0.1) is 0 Å². The second-order valence-electron chi connectivity index (χ2n) is 7.18. The molecule has 0 saturated carbocycles. The SMILES string of the molecule is CCCCCC(C)(C)c1ccc2c(c1)-c1ccccc1P(=O)(O)O2. The topological polar surface area (TPSA) is 46.5 Å². The lowest BCUT2D eigenvalue weighted by atomic mass is 9.79. The van der Waals surface area contributed by atoms with Crippen molar-refractivity contribution < 1.29 is 14.0 Å². The van der Waals surface area contributed by atoms with Gasteiger partial charge in [0.15, 0.2) is 0 Å². The van der Waals surface area contributed by atoms with E-state index in [0.29, 0.717) is 11.1 Å². The van der Waals surface area contributed by atoms with Crippen molar-refractivity contribution in [1.82, 2.24) is 0 Å². The smallest absolute Gasteiger partial charge is 0.408 e. The molecule has 1 unspecified atom stereocenters. The third kappa shape index (κ3) is 3.16. The van der Waals surface area contributed by atoms with E-state index in [-0.39, 0.29) is 5.41 Å². The lowest BCUT2D eigenvalue weighted by Crippen LogP contribution is -2.20. The van der Waals surface area contributed by atoms with Gasteiger partial charge in [-0.3, -0.25) is 0 Å². The van der Waals surface area contributed by atoms with Crippen LogP contribution in [0.25, 0.3) is 11.1 Å². The number of benzene rings is 2. The maximum Gasteiger partial charge on any atom is 0.408 e.